The van der Waals surface area contributed by atoms with Crippen LogP contribution < -0.4 is 5.32 Å². The molecule has 3 amide bonds. The summed E-state index contributed by atoms with van der Waals surface area (Å²) >= 11 is 0. The van der Waals surface area contributed by atoms with Gasteiger partial charge in [0.2, 0.25) is 0 Å². The highest BCUT2D eigenvalue weighted by Gasteiger charge is 2.30. The molecule has 0 spiro atoms. The van der Waals surface area contributed by atoms with E-state index in [1.165, 1.54) is 18.2 Å². The number of aromatic amines is 1. The minimum Gasteiger partial charge on any atom is -0.449 e. The van der Waals surface area contributed by atoms with Crippen molar-refractivity contribution in [2.24, 2.45) is 0 Å². The molecule has 1 aromatic heterocycles. The molecule has 1 aliphatic rings. The fourth-order valence-electron chi connectivity index (χ4n) is 4.15. The van der Waals surface area contributed by atoms with Gasteiger partial charge in [-0.25, -0.2) is 14.1 Å². The van der Waals surface area contributed by atoms with Crippen LogP contribution in [0, 0.1) is 19.7 Å². The number of aromatic nitrogens is 1. The molecule has 0 aliphatic carbocycles. The number of amides is 3. The normalized spacial score (nSPS) is 13.8. The van der Waals surface area contributed by atoms with Crippen molar-refractivity contribution < 1.29 is 23.5 Å². The number of hydrogen-bond donors (Lipinski definition) is 2. The van der Waals surface area contributed by atoms with Crippen LogP contribution in [0.3, 0.4) is 0 Å². The molecule has 0 fully saturated rings. The third kappa shape index (κ3) is 5.62. The molecular formula is C26H33FN4O4. The summed E-state index contributed by atoms with van der Waals surface area (Å²) in [5.41, 5.74) is 3.33. The van der Waals surface area contributed by atoms with Gasteiger partial charge in [-0.05, 0) is 63.2 Å². The van der Waals surface area contributed by atoms with Gasteiger partial charge in [0.05, 0.1) is 17.7 Å². The lowest BCUT2D eigenvalue weighted by atomic mass is 10.0. The molecule has 0 saturated carbocycles. The Labute approximate surface area is 205 Å². The summed E-state index contributed by atoms with van der Waals surface area (Å²) in [6, 6.07) is 4.10. The Kier molecular flexibility index (Phi) is 8.45. The number of nitrogens with one attached hydrogen (secondary N) is 2. The second kappa shape index (κ2) is 11.3. The lowest BCUT2D eigenvalue weighted by molar-refractivity contribution is -0.110. The summed E-state index contributed by atoms with van der Waals surface area (Å²) in [7, 11) is 0. The number of fused-ring (bicyclic) bond motifs is 1. The van der Waals surface area contributed by atoms with E-state index in [4.69, 9.17) is 4.74 Å². The van der Waals surface area contributed by atoms with Gasteiger partial charge in [0.1, 0.15) is 5.82 Å². The first-order valence-corrected chi connectivity index (χ1v) is 11.9. The van der Waals surface area contributed by atoms with Crippen LogP contribution in [0.1, 0.15) is 60.1 Å². The average Bonchev–Trinajstić information content (AvgIpc) is 3.29. The number of benzene rings is 1. The second-order valence-electron chi connectivity index (χ2n) is 8.46. The van der Waals surface area contributed by atoms with E-state index in [0.717, 1.165) is 18.0 Å². The second-order valence-corrected chi connectivity index (χ2v) is 8.46. The van der Waals surface area contributed by atoms with Crippen molar-refractivity contribution in [1.29, 1.82) is 0 Å². The number of rotatable bonds is 9. The van der Waals surface area contributed by atoms with Crippen molar-refractivity contribution in [3.05, 3.63) is 52.1 Å². The highest BCUT2D eigenvalue weighted by atomic mass is 19.1. The Morgan fingerprint density at radius 3 is 2.49 bits per heavy atom. The lowest BCUT2D eigenvalue weighted by Crippen LogP contribution is -2.43. The molecule has 0 unspecified atom stereocenters. The van der Waals surface area contributed by atoms with Crippen LogP contribution in [0.4, 0.5) is 14.9 Å². The van der Waals surface area contributed by atoms with Crippen molar-refractivity contribution in [3.8, 4) is 0 Å². The Morgan fingerprint density at radius 1 is 1.11 bits per heavy atom. The predicted octanol–water partition coefficient (Wildman–Crippen LogP) is 4.59. The SMILES string of the molecule is CCCOC(=O)N(CCN(CC)CC)C(=O)c1c(C)[nH]c(C=C2C(=O)Nc3ccc(F)cc32)c1C. The molecule has 0 saturated heterocycles. The van der Waals surface area contributed by atoms with E-state index in [1.807, 2.05) is 20.8 Å². The van der Waals surface area contributed by atoms with Crippen molar-refractivity contribution in [2.75, 3.05) is 38.1 Å². The van der Waals surface area contributed by atoms with Crippen molar-refractivity contribution in [2.45, 2.75) is 41.0 Å². The van der Waals surface area contributed by atoms with Crippen molar-refractivity contribution in [3.63, 3.8) is 0 Å². The summed E-state index contributed by atoms with van der Waals surface area (Å²) < 4.78 is 19.1. The summed E-state index contributed by atoms with van der Waals surface area (Å²) in [6.45, 7) is 12.0. The van der Waals surface area contributed by atoms with Crippen LogP contribution >= 0.6 is 0 Å². The zero-order chi connectivity index (χ0) is 25.7. The molecule has 35 heavy (non-hydrogen) atoms. The monoisotopic (exact) mass is 484 g/mol. The average molecular weight is 485 g/mol. The molecule has 1 aromatic carbocycles. The van der Waals surface area contributed by atoms with E-state index in [0.29, 0.717) is 52.3 Å². The number of likely N-dealkylation sites (N-methyl/N-ethyl adjacent to an activating group) is 1. The fourth-order valence-corrected chi connectivity index (χ4v) is 4.15. The topological polar surface area (TPSA) is 94.7 Å². The number of ether oxygens (including phenoxy) is 1. The van der Waals surface area contributed by atoms with Crippen LogP contribution in [-0.4, -0.2) is 65.5 Å². The molecule has 9 heteroatoms. The van der Waals surface area contributed by atoms with Gasteiger partial charge >= 0.3 is 6.09 Å². The van der Waals surface area contributed by atoms with E-state index < -0.39 is 17.8 Å². The highest BCUT2D eigenvalue weighted by Crippen LogP contribution is 2.34. The van der Waals surface area contributed by atoms with Gasteiger partial charge in [0.15, 0.2) is 0 Å². The summed E-state index contributed by atoms with van der Waals surface area (Å²) in [5.74, 6) is -1.26. The first-order chi connectivity index (χ1) is 16.7. The zero-order valence-electron chi connectivity index (χ0n) is 21.0. The summed E-state index contributed by atoms with van der Waals surface area (Å²) in [4.78, 5) is 45.3. The van der Waals surface area contributed by atoms with E-state index in [-0.39, 0.29) is 19.1 Å². The largest absolute Gasteiger partial charge is 0.449 e. The van der Waals surface area contributed by atoms with Crippen LogP contribution in [0.15, 0.2) is 18.2 Å². The summed E-state index contributed by atoms with van der Waals surface area (Å²) in [6.07, 6.45) is 1.58. The Morgan fingerprint density at radius 2 is 1.83 bits per heavy atom. The number of imide groups is 1. The molecule has 0 radical (unpaired) electrons. The Balaban J connectivity index is 1.95. The zero-order valence-corrected chi connectivity index (χ0v) is 21.0. The van der Waals surface area contributed by atoms with Crippen molar-refractivity contribution >= 4 is 35.2 Å². The Hall–Kier alpha value is -3.46. The number of nitrogens with zero attached hydrogens (tertiary/aromatic N) is 2. The van der Waals surface area contributed by atoms with E-state index in [9.17, 15) is 18.8 Å². The molecule has 0 atom stereocenters. The standard InChI is InChI=1S/C26H33FN4O4/c1-6-13-35-26(34)31(12-11-30(7-2)8-3)25(33)23-16(4)22(28-17(23)5)15-20-19-14-18(27)9-10-21(19)29-24(20)32/h9-10,14-15,28H,6-8,11-13H2,1-5H3,(H,29,32). The molecule has 1 aliphatic heterocycles. The maximum absolute atomic E-state index is 13.8. The van der Waals surface area contributed by atoms with Gasteiger partial charge < -0.3 is 19.9 Å². The molecule has 0 bridgehead atoms. The fraction of sp³-hybridized carbons (Fsp3) is 0.423. The number of H-pyrrole nitrogens is 1. The molecule has 2 heterocycles. The minimum absolute atomic E-state index is 0.193. The maximum Gasteiger partial charge on any atom is 0.416 e. The van der Waals surface area contributed by atoms with Gasteiger partial charge in [-0.1, -0.05) is 20.8 Å². The van der Waals surface area contributed by atoms with E-state index in [2.05, 4.69) is 15.2 Å². The third-order valence-corrected chi connectivity index (χ3v) is 6.17. The molecule has 3 rings (SSSR count). The van der Waals surface area contributed by atoms with Gasteiger partial charge in [0.25, 0.3) is 11.8 Å². The number of hydrogen-bond acceptors (Lipinski definition) is 5. The predicted molar refractivity (Wildman–Crippen MR) is 134 cm³/mol. The third-order valence-electron chi connectivity index (χ3n) is 6.17. The minimum atomic E-state index is -0.677. The van der Waals surface area contributed by atoms with Gasteiger partial charge in [0, 0.05) is 35.7 Å². The van der Waals surface area contributed by atoms with Crippen LogP contribution in [0.5, 0.6) is 0 Å². The quantitative estimate of drug-likeness (QED) is 0.508. The number of aryl methyl sites for hydroxylation is 1. The smallest absolute Gasteiger partial charge is 0.416 e. The lowest BCUT2D eigenvalue weighted by Gasteiger charge is -2.25. The van der Waals surface area contributed by atoms with E-state index in [1.54, 1.807) is 19.9 Å². The molecule has 2 N–H and O–H groups in total. The molecule has 8 nitrogen and oxygen atoms in total. The number of anilines is 1. The maximum atomic E-state index is 13.8. The number of carbonyl (C=O) groups excluding carboxylic acids is 3. The number of carbonyl (C=O) groups is 3. The van der Waals surface area contributed by atoms with Crippen LogP contribution in [0.2, 0.25) is 0 Å². The van der Waals surface area contributed by atoms with Crippen LogP contribution in [0.25, 0.3) is 11.6 Å². The highest BCUT2D eigenvalue weighted by molar-refractivity contribution is 6.35. The number of halogens is 1. The van der Waals surface area contributed by atoms with Crippen molar-refractivity contribution in [1.82, 2.24) is 14.8 Å². The van der Waals surface area contributed by atoms with Crippen LogP contribution in [-0.2, 0) is 9.53 Å². The van der Waals surface area contributed by atoms with E-state index >= 15 is 0 Å². The van der Waals surface area contributed by atoms with Gasteiger partial charge in [-0.15, -0.1) is 0 Å². The van der Waals surface area contributed by atoms with Gasteiger partial charge in [-0.2, -0.15) is 0 Å². The molecule has 2 aromatic rings. The molecule has 188 valence electrons. The van der Waals surface area contributed by atoms with Gasteiger partial charge in [-0.3, -0.25) is 9.59 Å². The Bertz CT molecular complexity index is 1150. The first kappa shape index (κ1) is 26.2. The molecular weight excluding hydrogens is 451 g/mol. The summed E-state index contributed by atoms with van der Waals surface area (Å²) in [5, 5.41) is 2.72. The first-order valence-electron chi connectivity index (χ1n) is 11.9.